The molecule has 1 aromatic rings. The van der Waals surface area contributed by atoms with Gasteiger partial charge in [-0.05, 0) is 6.07 Å². The molecule has 0 bridgehead atoms. The molecule has 0 saturated heterocycles. The molecule has 1 nitrogen and oxygen atoms in total. The highest BCUT2D eigenvalue weighted by molar-refractivity contribution is 7.20. The van der Waals surface area contributed by atoms with Gasteiger partial charge >= 0.3 is 0 Å². The second-order valence-electron chi connectivity index (χ2n) is 2.04. The first-order valence-electron chi connectivity index (χ1n) is 2.98. The molecular formula is C7H7Cl2NS. The van der Waals surface area contributed by atoms with Crippen molar-refractivity contribution >= 4 is 34.5 Å². The minimum Gasteiger partial charge on any atom is -0.321 e. The van der Waals surface area contributed by atoms with Crippen molar-refractivity contribution < 1.29 is 0 Å². The lowest BCUT2D eigenvalue weighted by Crippen LogP contribution is -2.05. The molecule has 1 unspecified atom stereocenters. The lowest BCUT2D eigenvalue weighted by molar-refractivity contribution is 0.921. The Balaban J connectivity index is 3.02. The standard InChI is InChI=1S/C7H7Cl2NS/c1-2-5(10)4-3-6(8)11-7(4)9/h2-3,5H,1,10H2. The van der Waals surface area contributed by atoms with Crippen LogP contribution < -0.4 is 5.73 Å². The van der Waals surface area contributed by atoms with Gasteiger partial charge in [0.05, 0.1) is 14.7 Å². The summed E-state index contributed by atoms with van der Waals surface area (Å²) in [4.78, 5) is 0. The maximum absolute atomic E-state index is 5.82. The molecule has 1 rings (SSSR count). The fourth-order valence-corrected chi connectivity index (χ4v) is 2.27. The van der Waals surface area contributed by atoms with Crippen molar-refractivity contribution in [2.24, 2.45) is 5.73 Å². The molecular weight excluding hydrogens is 201 g/mol. The Morgan fingerprint density at radius 2 is 2.27 bits per heavy atom. The van der Waals surface area contributed by atoms with Crippen LogP contribution in [0.1, 0.15) is 11.6 Å². The molecule has 1 heterocycles. The van der Waals surface area contributed by atoms with Crippen molar-refractivity contribution in [3.05, 3.63) is 33.0 Å². The average molecular weight is 208 g/mol. The van der Waals surface area contributed by atoms with Crippen LogP contribution in [-0.2, 0) is 0 Å². The summed E-state index contributed by atoms with van der Waals surface area (Å²) in [5.74, 6) is 0. The van der Waals surface area contributed by atoms with E-state index in [2.05, 4.69) is 6.58 Å². The van der Waals surface area contributed by atoms with E-state index in [0.29, 0.717) is 8.67 Å². The van der Waals surface area contributed by atoms with Gasteiger partial charge in [0.15, 0.2) is 0 Å². The minimum absolute atomic E-state index is 0.216. The fourth-order valence-electron chi connectivity index (χ4n) is 0.707. The average Bonchev–Trinajstić information content (AvgIpc) is 2.28. The maximum Gasteiger partial charge on any atom is 0.0995 e. The van der Waals surface area contributed by atoms with Gasteiger partial charge in [-0.1, -0.05) is 29.3 Å². The SMILES string of the molecule is C=CC(N)c1cc(Cl)sc1Cl. The molecule has 1 atom stereocenters. The summed E-state index contributed by atoms with van der Waals surface area (Å²) in [6.07, 6.45) is 1.63. The molecule has 0 aromatic carbocycles. The number of nitrogens with two attached hydrogens (primary N) is 1. The van der Waals surface area contributed by atoms with Crippen molar-refractivity contribution in [1.29, 1.82) is 0 Å². The second-order valence-corrected chi connectivity index (χ2v) is 4.33. The van der Waals surface area contributed by atoms with Crippen LogP contribution in [0.3, 0.4) is 0 Å². The Labute approximate surface area is 79.4 Å². The molecule has 0 radical (unpaired) electrons. The van der Waals surface area contributed by atoms with Crippen molar-refractivity contribution in [3.8, 4) is 0 Å². The zero-order valence-electron chi connectivity index (χ0n) is 5.68. The summed E-state index contributed by atoms with van der Waals surface area (Å²) in [6.45, 7) is 3.57. The monoisotopic (exact) mass is 207 g/mol. The highest BCUT2D eigenvalue weighted by Crippen LogP contribution is 2.34. The van der Waals surface area contributed by atoms with Gasteiger partial charge in [-0.25, -0.2) is 0 Å². The Hall–Kier alpha value is -0.0200. The number of thiophene rings is 1. The first-order chi connectivity index (χ1) is 5.15. The van der Waals surface area contributed by atoms with Crippen molar-refractivity contribution in [1.82, 2.24) is 0 Å². The zero-order valence-corrected chi connectivity index (χ0v) is 8.01. The van der Waals surface area contributed by atoms with Crippen LogP contribution in [0, 0.1) is 0 Å². The predicted octanol–water partition coefficient (Wildman–Crippen LogP) is 3.24. The van der Waals surface area contributed by atoms with E-state index in [1.165, 1.54) is 11.3 Å². The summed E-state index contributed by atoms with van der Waals surface area (Å²) in [7, 11) is 0. The second kappa shape index (κ2) is 3.59. The third kappa shape index (κ3) is 1.97. The van der Waals surface area contributed by atoms with E-state index in [0.717, 1.165) is 5.56 Å². The molecule has 0 aliphatic carbocycles. The van der Waals surface area contributed by atoms with E-state index in [4.69, 9.17) is 28.9 Å². The van der Waals surface area contributed by atoms with Crippen LogP contribution in [-0.4, -0.2) is 0 Å². The Bertz CT molecular complexity index is 269. The largest absolute Gasteiger partial charge is 0.321 e. The molecule has 0 amide bonds. The summed E-state index contributed by atoms with van der Waals surface area (Å²) < 4.78 is 1.30. The minimum atomic E-state index is -0.216. The maximum atomic E-state index is 5.82. The van der Waals surface area contributed by atoms with E-state index in [9.17, 15) is 0 Å². The van der Waals surface area contributed by atoms with Crippen LogP contribution in [0.2, 0.25) is 8.67 Å². The van der Waals surface area contributed by atoms with Crippen LogP contribution in [0.5, 0.6) is 0 Å². The molecule has 2 N–H and O–H groups in total. The molecule has 4 heteroatoms. The van der Waals surface area contributed by atoms with Gasteiger partial charge in [0.25, 0.3) is 0 Å². The lowest BCUT2D eigenvalue weighted by Gasteiger charge is -2.01. The fraction of sp³-hybridized carbons (Fsp3) is 0.143. The molecule has 0 fully saturated rings. The van der Waals surface area contributed by atoms with Gasteiger partial charge in [0, 0.05) is 5.56 Å². The number of hydrogen-bond acceptors (Lipinski definition) is 2. The number of hydrogen-bond donors (Lipinski definition) is 1. The number of rotatable bonds is 2. The Morgan fingerprint density at radius 3 is 2.64 bits per heavy atom. The van der Waals surface area contributed by atoms with Crippen LogP contribution in [0.15, 0.2) is 18.7 Å². The molecule has 60 valence electrons. The van der Waals surface area contributed by atoms with Gasteiger partial charge in [0.1, 0.15) is 0 Å². The molecule has 0 aliphatic heterocycles. The summed E-state index contributed by atoms with van der Waals surface area (Å²) in [5, 5.41) is 0. The first kappa shape index (κ1) is 9.07. The smallest absolute Gasteiger partial charge is 0.0995 e. The topological polar surface area (TPSA) is 26.0 Å². The van der Waals surface area contributed by atoms with Gasteiger partial charge in [-0.15, -0.1) is 17.9 Å². The molecule has 0 spiro atoms. The van der Waals surface area contributed by atoms with Crippen molar-refractivity contribution in [2.75, 3.05) is 0 Å². The van der Waals surface area contributed by atoms with Gasteiger partial charge in [0.2, 0.25) is 0 Å². The quantitative estimate of drug-likeness (QED) is 0.741. The normalized spacial score (nSPS) is 13.0. The van der Waals surface area contributed by atoms with E-state index in [1.807, 2.05) is 0 Å². The highest BCUT2D eigenvalue weighted by Gasteiger charge is 2.09. The van der Waals surface area contributed by atoms with Crippen LogP contribution in [0.4, 0.5) is 0 Å². The lowest BCUT2D eigenvalue weighted by atomic mass is 10.2. The van der Waals surface area contributed by atoms with Gasteiger partial charge < -0.3 is 5.73 Å². The van der Waals surface area contributed by atoms with Crippen molar-refractivity contribution in [2.45, 2.75) is 6.04 Å². The van der Waals surface area contributed by atoms with Crippen molar-refractivity contribution in [3.63, 3.8) is 0 Å². The summed E-state index contributed by atoms with van der Waals surface area (Å²) >= 11 is 12.9. The molecule has 1 aromatic heterocycles. The third-order valence-electron chi connectivity index (χ3n) is 1.30. The molecule has 11 heavy (non-hydrogen) atoms. The third-order valence-corrected chi connectivity index (χ3v) is 2.81. The van der Waals surface area contributed by atoms with Gasteiger partial charge in [-0.3, -0.25) is 0 Å². The first-order valence-corrected chi connectivity index (χ1v) is 4.55. The van der Waals surface area contributed by atoms with E-state index < -0.39 is 0 Å². The van der Waals surface area contributed by atoms with E-state index in [1.54, 1.807) is 12.1 Å². The Morgan fingerprint density at radius 1 is 1.64 bits per heavy atom. The molecule has 0 saturated carbocycles. The van der Waals surface area contributed by atoms with E-state index >= 15 is 0 Å². The van der Waals surface area contributed by atoms with Gasteiger partial charge in [-0.2, -0.15) is 0 Å². The summed E-state index contributed by atoms with van der Waals surface area (Å²) in [5.41, 5.74) is 6.50. The summed E-state index contributed by atoms with van der Waals surface area (Å²) in [6, 6.07) is 1.55. The predicted molar refractivity (Wildman–Crippen MR) is 51.5 cm³/mol. The Kier molecular flexibility index (Phi) is 2.96. The van der Waals surface area contributed by atoms with Crippen LogP contribution in [0.25, 0.3) is 0 Å². The highest BCUT2D eigenvalue weighted by atomic mass is 35.5. The number of halogens is 2. The van der Waals surface area contributed by atoms with E-state index in [-0.39, 0.29) is 6.04 Å². The van der Waals surface area contributed by atoms with Crippen LogP contribution >= 0.6 is 34.5 Å². The zero-order chi connectivity index (χ0) is 8.43. The molecule has 0 aliphatic rings.